The van der Waals surface area contributed by atoms with E-state index in [2.05, 4.69) is 33.2 Å². The molecule has 4 nitrogen and oxygen atoms in total. The highest BCUT2D eigenvalue weighted by molar-refractivity contribution is 9.10. The zero-order chi connectivity index (χ0) is 14.7. The Balaban J connectivity index is 2.08. The standard InChI is InChI=1S/C14H15BrN2O2S/c1-3-10-7-16-14(20-10)8(2)17-13(19)9-4-5-11(15)12(18)6-9/h4-8,18H,3H2,1-2H3,(H,17,19). The molecule has 6 heteroatoms. The number of rotatable bonds is 4. The van der Waals surface area contributed by atoms with Gasteiger partial charge in [0.2, 0.25) is 0 Å². The molecular formula is C14H15BrN2O2S. The summed E-state index contributed by atoms with van der Waals surface area (Å²) in [5.74, 6) is -0.179. The molecule has 106 valence electrons. The van der Waals surface area contributed by atoms with Crippen molar-refractivity contribution >= 4 is 33.2 Å². The molecule has 0 bridgehead atoms. The Kier molecular flexibility index (Phi) is 4.77. The van der Waals surface area contributed by atoms with Crippen molar-refractivity contribution in [2.75, 3.05) is 0 Å². The van der Waals surface area contributed by atoms with Crippen LogP contribution in [0.4, 0.5) is 0 Å². The molecule has 2 aromatic rings. The van der Waals surface area contributed by atoms with E-state index < -0.39 is 0 Å². The van der Waals surface area contributed by atoms with Gasteiger partial charge in [-0.15, -0.1) is 11.3 Å². The first-order valence-corrected chi connectivity index (χ1v) is 7.86. The van der Waals surface area contributed by atoms with Crippen LogP contribution in [0.15, 0.2) is 28.9 Å². The quantitative estimate of drug-likeness (QED) is 0.880. The number of thiazole rings is 1. The molecule has 0 spiro atoms. The Bertz CT molecular complexity index is 627. The fourth-order valence-corrected chi connectivity index (χ4v) is 2.79. The minimum atomic E-state index is -0.228. The molecule has 1 aromatic carbocycles. The van der Waals surface area contributed by atoms with Gasteiger partial charge in [-0.05, 0) is 47.5 Å². The van der Waals surface area contributed by atoms with Crippen LogP contribution in [-0.4, -0.2) is 16.0 Å². The SMILES string of the molecule is CCc1cnc(C(C)NC(=O)c2ccc(Br)c(O)c2)s1. The van der Waals surface area contributed by atoms with E-state index in [4.69, 9.17) is 0 Å². The summed E-state index contributed by atoms with van der Waals surface area (Å²) in [6.45, 7) is 3.97. The summed E-state index contributed by atoms with van der Waals surface area (Å²) >= 11 is 4.79. The molecular weight excluding hydrogens is 340 g/mol. The maximum Gasteiger partial charge on any atom is 0.251 e. The Morgan fingerprint density at radius 2 is 2.30 bits per heavy atom. The van der Waals surface area contributed by atoms with Gasteiger partial charge in [0.05, 0.1) is 10.5 Å². The first-order chi connectivity index (χ1) is 9.51. The monoisotopic (exact) mass is 354 g/mol. The lowest BCUT2D eigenvalue weighted by Crippen LogP contribution is -2.26. The van der Waals surface area contributed by atoms with Gasteiger partial charge in [-0.1, -0.05) is 6.92 Å². The highest BCUT2D eigenvalue weighted by Crippen LogP contribution is 2.25. The molecule has 1 amide bonds. The van der Waals surface area contributed by atoms with Gasteiger partial charge in [0, 0.05) is 16.6 Å². The van der Waals surface area contributed by atoms with Gasteiger partial charge in [0.25, 0.3) is 5.91 Å². The second-order valence-electron chi connectivity index (χ2n) is 4.38. The molecule has 0 radical (unpaired) electrons. The van der Waals surface area contributed by atoms with Crippen molar-refractivity contribution in [2.45, 2.75) is 26.3 Å². The van der Waals surface area contributed by atoms with Gasteiger partial charge in [-0.3, -0.25) is 4.79 Å². The van der Waals surface area contributed by atoms with Crippen LogP contribution in [0.25, 0.3) is 0 Å². The number of carbonyl (C=O) groups excluding carboxylic acids is 1. The van der Waals surface area contributed by atoms with E-state index in [1.54, 1.807) is 23.5 Å². The van der Waals surface area contributed by atoms with Crippen molar-refractivity contribution < 1.29 is 9.90 Å². The summed E-state index contributed by atoms with van der Waals surface area (Å²) in [6, 6.07) is 4.59. The van der Waals surface area contributed by atoms with Gasteiger partial charge >= 0.3 is 0 Å². The summed E-state index contributed by atoms with van der Waals surface area (Å²) in [4.78, 5) is 17.6. The van der Waals surface area contributed by atoms with Crippen LogP contribution in [0.1, 0.15) is 40.1 Å². The minimum absolute atomic E-state index is 0.0489. The number of aryl methyl sites for hydroxylation is 1. The van der Waals surface area contributed by atoms with Crippen molar-refractivity contribution in [3.63, 3.8) is 0 Å². The Morgan fingerprint density at radius 3 is 2.90 bits per heavy atom. The predicted octanol–water partition coefficient (Wildman–Crippen LogP) is 3.66. The van der Waals surface area contributed by atoms with Crippen LogP contribution in [0.3, 0.4) is 0 Å². The Morgan fingerprint density at radius 1 is 1.55 bits per heavy atom. The first kappa shape index (κ1) is 15.0. The van der Waals surface area contributed by atoms with Gasteiger partial charge in [0.1, 0.15) is 10.8 Å². The number of aromatic hydroxyl groups is 1. The number of phenols is 1. The third-order valence-corrected chi connectivity index (χ3v) is 4.84. The molecule has 20 heavy (non-hydrogen) atoms. The number of benzene rings is 1. The lowest BCUT2D eigenvalue weighted by atomic mass is 10.2. The summed E-state index contributed by atoms with van der Waals surface area (Å²) < 4.78 is 0.564. The Hall–Kier alpha value is -1.40. The van der Waals surface area contributed by atoms with Gasteiger partial charge < -0.3 is 10.4 Å². The third-order valence-electron chi connectivity index (χ3n) is 2.85. The topological polar surface area (TPSA) is 62.2 Å². The number of hydrogen-bond donors (Lipinski definition) is 2. The molecule has 0 aliphatic heterocycles. The zero-order valence-electron chi connectivity index (χ0n) is 11.2. The second kappa shape index (κ2) is 6.37. The van der Waals surface area contributed by atoms with E-state index in [-0.39, 0.29) is 17.7 Å². The summed E-state index contributed by atoms with van der Waals surface area (Å²) in [5.41, 5.74) is 0.421. The maximum absolute atomic E-state index is 12.1. The largest absolute Gasteiger partial charge is 0.507 e. The molecule has 1 atom stereocenters. The van der Waals surface area contributed by atoms with E-state index in [9.17, 15) is 9.90 Å². The average Bonchev–Trinajstić information content (AvgIpc) is 2.90. The smallest absolute Gasteiger partial charge is 0.251 e. The first-order valence-electron chi connectivity index (χ1n) is 6.25. The number of nitrogens with zero attached hydrogens (tertiary/aromatic N) is 1. The number of phenolic OH excluding ortho intramolecular Hbond substituents is 1. The van der Waals surface area contributed by atoms with Crippen LogP contribution >= 0.6 is 27.3 Å². The van der Waals surface area contributed by atoms with E-state index >= 15 is 0 Å². The van der Waals surface area contributed by atoms with Gasteiger partial charge in [-0.2, -0.15) is 0 Å². The zero-order valence-corrected chi connectivity index (χ0v) is 13.6. The van der Waals surface area contributed by atoms with Crippen LogP contribution in [-0.2, 0) is 6.42 Å². The molecule has 0 saturated carbocycles. The molecule has 0 aliphatic carbocycles. The number of nitrogens with one attached hydrogen (secondary N) is 1. The van der Waals surface area contributed by atoms with E-state index in [1.165, 1.54) is 10.9 Å². The number of halogens is 1. The molecule has 0 saturated heterocycles. The van der Waals surface area contributed by atoms with Crippen LogP contribution < -0.4 is 5.32 Å². The summed E-state index contributed by atoms with van der Waals surface area (Å²) in [7, 11) is 0. The number of aromatic nitrogens is 1. The summed E-state index contributed by atoms with van der Waals surface area (Å²) in [5, 5.41) is 13.4. The lowest BCUT2D eigenvalue weighted by molar-refractivity contribution is 0.0939. The minimum Gasteiger partial charge on any atom is -0.507 e. The number of hydrogen-bond acceptors (Lipinski definition) is 4. The third kappa shape index (κ3) is 3.37. The highest BCUT2D eigenvalue weighted by atomic mass is 79.9. The van der Waals surface area contributed by atoms with E-state index in [1.807, 2.05) is 13.1 Å². The van der Waals surface area contributed by atoms with Crippen molar-refractivity contribution in [3.8, 4) is 5.75 Å². The molecule has 0 aliphatic rings. The van der Waals surface area contributed by atoms with Crippen molar-refractivity contribution in [3.05, 3.63) is 44.3 Å². The van der Waals surface area contributed by atoms with Crippen LogP contribution in [0.5, 0.6) is 5.75 Å². The maximum atomic E-state index is 12.1. The fourth-order valence-electron chi connectivity index (χ4n) is 1.68. The highest BCUT2D eigenvalue weighted by Gasteiger charge is 2.15. The molecule has 2 rings (SSSR count). The van der Waals surface area contributed by atoms with Crippen LogP contribution in [0.2, 0.25) is 0 Å². The predicted molar refractivity (Wildman–Crippen MR) is 83.2 cm³/mol. The molecule has 0 fully saturated rings. The summed E-state index contributed by atoms with van der Waals surface area (Å²) in [6.07, 6.45) is 2.78. The van der Waals surface area contributed by atoms with Crippen molar-refractivity contribution in [2.24, 2.45) is 0 Å². The molecule has 2 N–H and O–H groups in total. The lowest BCUT2D eigenvalue weighted by Gasteiger charge is -2.11. The second-order valence-corrected chi connectivity index (χ2v) is 6.38. The average molecular weight is 355 g/mol. The van der Waals surface area contributed by atoms with Crippen LogP contribution in [0, 0.1) is 0 Å². The van der Waals surface area contributed by atoms with Crippen molar-refractivity contribution in [1.29, 1.82) is 0 Å². The Labute approximate surface area is 130 Å². The number of carbonyl (C=O) groups is 1. The molecule has 1 unspecified atom stereocenters. The fraction of sp³-hybridized carbons (Fsp3) is 0.286. The molecule has 1 aromatic heterocycles. The molecule has 1 heterocycles. The normalized spacial score (nSPS) is 12.2. The van der Waals surface area contributed by atoms with E-state index in [0.29, 0.717) is 10.0 Å². The van der Waals surface area contributed by atoms with Gasteiger partial charge in [-0.25, -0.2) is 4.98 Å². The van der Waals surface area contributed by atoms with Crippen molar-refractivity contribution in [1.82, 2.24) is 10.3 Å². The van der Waals surface area contributed by atoms with Gasteiger partial charge in [0.15, 0.2) is 0 Å². The van der Waals surface area contributed by atoms with E-state index in [0.717, 1.165) is 11.4 Å². The number of amides is 1.